The fraction of sp³-hybridized carbons (Fsp3) is 0. The molecule has 0 spiro atoms. The minimum atomic E-state index is -0.944. The van der Waals surface area contributed by atoms with Gasteiger partial charge in [-0.3, -0.25) is 0 Å². The van der Waals surface area contributed by atoms with Gasteiger partial charge in [0, 0.05) is 5.69 Å². The topological polar surface area (TPSA) is 49.3 Å². The summed E-state index contributed by atoms with van der Waals surface area (Å²) in [5.74, 6) is -0.944. The number of carbonyl (C=O) groups is 1. The van der Waals surface area contributed by atoms with Gasteiger partial charge in [-0.05, 0) is 24.3 Å². The van der Waals surface area contributed by atoms with Crippen molar-refractivity contribution in [2.75, 3.05) is 5.32 Å². The normalized spacial score (nSPS) is 8.64. The Morgan fingerprint density at radius 3 is 2.21 bits per heavy atom. The van der Waals surface area contributed by atoms with Crippen molar-refractivity contribution in [1.29, 1.82) is 0 Å². The first kappa shape index (κ1) is 13.4. The molecule has 0 saturated heterocycles. The summed E-state index contributed by atoms with van der Waals surface area (Å²) >= 11 is 8.58. The van der Waals surface area contributed by atoms with Crippen molar-refractivity contribution in [3.63, 3.8) is 0 Å². The van der Waals surface area contributed by atoms with Gasteiger partial charge in [-0.1, -0.05) is 12.2 Å². The summed E-state index contributed by atoms with van der Waals surface area (Å²) < 4.78 is 0.350. The molecule has 1 rings (SSSR count). The smallest absolute Gasteiger partial charge is 0.478 e. The maximum atomic E-state index is 10.5. The molecule has 0 fully saturated rings. The fourth-order valence-electron chi connectivity index (χ4n) is 0.820. The van der Waals surface area contributed by atoms with Crippen molar-refractivity contribution in [2.24, 2.45) is 0 Å². The zero-order chi connectivity index (χ0) is 9.84. The van der Waals surface area contributed by atoms with Crippen LogP contribution in [0.3, 0.4) is 0 Å². The summed E-state index contributed by atoms with van der Waals surface area (Å²) in [6.45, 7) is 0. The van der Waals surface area contributed by atoms with Crippen LogP contribution in [0.2, 0.25) is 0 Å². The van der Waals surface area contributed by atoms with Crippen molar-refractivity contribution in [3.05, 3.63) is 29.8 Å². The molecule has 1 aromatic rings. The van der Waals surface area contributed by atoms with E-state index in [2.05, 4.69) is 17.9 Å². The van der Waals surface area contributed by atoms with Gasteiger partial charge in [0.1, 0.15) is 4.32 Å². The van der Waals surface area contributed by atoms with E-state index in [1.165, 1.54) is 12.1 Å². The van der Waals surface area contributed by atoms with Crippen LogP contribution >= 0.6 is 24.8 Å². The second-order valence-corrected chi connectivity index (χ2v) is 3.47. The zero-order valence-corrected chi connectivity index (χ0v) is 9.47. The van der Waals surface area contributed by atoms with E-state index >= 15 is 0 Å². The quantitative estimate of drug-likeness (QED) is 0.439. The molecule has 1 radical (unpaired) electrons. The maximum absolute atomic E-state index is 10.5. The largest absolute Gasteiger partial charge is 2.00 e. The number of thiol groups is 1. The van der Waals surface area contributed by atoms with Crippen LogP contribution in [0.4, 0.5) is 5.69 Å². The summed E-state index contributed by atoms with van der Waals surface area (Å²) in [6.07, 6.45) is 0. The number of carboxylic acids is 1. The molecule has 0 aliphatic carbocycles. The maximum Gasteiger partial charge on any atom is 2.00 e. The molecule has 3 nitrogen and oxygen atoms in total. The van der Waals surface area contributed by atoms with Gasteiger partial charge in [-0.2, -0.15) is 0 Å². The Kier molecular flexibility index (Phi) is 5.79. The summed E-state index contributed by atoms with van der Waals surface area (Å²) in [6, 6.07) is 6.26. The van der Waals surface area contributed by atoms with Crippen molar-refractivity contribution < 1.29 is 27.0 Å². The van der Waals surface area contributed by atoms with Crippen molar-refractivity contribution in [1.82, 2.24) is 0 Å². The third-order valence-corrected chi connectivity index (χ3v) is 1.60. The zero-order valence-electron chi connectivity index (χ0n) is 6.82. The van der Waals surface area contributed by atoms with Gasteiger partial charge in [0.2, 0.25) is 0 Å². The molecule has 77 valence electrons. The van der Waals surface area contributed by atoms with Crippen LogP contribution in [0, 0.1) is 0 Å². The van der Waals surface area contributed by atoms with Crippen molar-refractivity contribution >= 4 is 40.8 Å². The number of hydrogen-bond donors (Lipinski definition) is 3. The number of rotatable bonds is 2. The van der Waals surface area contributed by atoms with Crippen LogP contribution < -0.4 is 5.32 Å². The van der Waals surface area contributed by atoms with E-state index in [9.17, 15) is 4.79 Å². The third-order valence-electron chi connectivity index (χ3n) is 1.38. The Hall–Kier alpha value is -0.551. The van der Waals surface area contributed by atoms with Crippen LogP contribution in [0.15, 0.2) is 24.3 Å². The number of thiocarbonyl (C=S) groups is 1. The van der Waals surface area contributed by atoms with Crippen molar-refractivity contribution in [3.8, 4) is 0 Å². The van der Waals surface area contributed by atoms with Gasteiger partial charge < -0.3 is 10.4 Å². The minimum absolute atomic E-state index is 0. The predicted molar refractivity (Wildman–Crippen MR) is 58.6 cm³/mol. The van der Waals surface area contributed by atoms with Crippen molar-refractivity contribution in [2.45, 2.75) is 0 Å². The summed E-state index contributed by atoms with van der Waals surface area (Å²) in [5, 5.41) is 11.4. The predicted octanol–water partition coefficient (Wildman–Crippen LogP) is 2.01. The van der Waals surface area contributed by atoms with Crippen LogP contribution in [0.1, 0.15) is 10.4 Å². The number of anilines is 1. The summed E-state index contributed by atoms with van der Waals surface area (Å²) in [7, 11) is 0. The van der Waals surface area contributed by atoms with E-state index in [1.54, 1.807) is 12.1 Å². The molecule has 0 aliphatic heterocycles. The molecule has 0 saturated carbocycles. The van der Waals surface area contributed by atoms with Gasteiger partial charge >= 0.3 is 23.0 Å². The van der Waals surface area contributed by atoms with Crippen LogP contribution in [0.5, 0.6) is 0 Å². The number of carboxylic acid groups (broad SMARTS) is 1. The SMILES string of the molecule is O=C(O)c1ccc(NC(=S)S)cc1.[Cu+2]. The van der Waals surface area contributed by atoms with E-state index in [0.717, 1.165) is 5.69 Å². The summed E-state index contributed by atoms with van der Waals surface area (Å²) in [4.78, 5) is 10.5. The number of aromatic carboxylic acids is 1. The van der Waals surface area contributed by atoms with E-state index in [4.69, 9.17) is 17.3 Å². The number of benzene rings is 1. The third kappa shape index (κ3) is 4.11. The molecule has 14 heavy (non-hydrogen) atoms. The molecule has 0 aromatic heterocycles. The van der Waals surface area contributed by atoms with E-state index in [0.29, 0.717) is 4.32 Å². The van der Waals surface area contributed by atoms with E-state index in [-0.39, 0.29) is 22.6 Å². The summed E-state index contributed by atoms with van der Waals surface area (Å²) in [5.41, 5.74) is 0.973. The van der Waals surface area contributed by atoms with Crippen LogP contribution in [0.25, 0.3) is 0 Å². The van der Waals surface area contributed by atoms with E-state index in [1.807, 2.05) is 0 Å². The molecule has 0 atom stereocenters. The average Bonchev–Trinajstić information content (AvgIpc) is 2.04. The first-order valence-corrected chi connectivity index (χ1v) is 4.28. The molecule has 6 heteroatoms. The Morgan fingerprint density at radius 2 is 1.86 bits per heavy atom. The van der Waals surface area contributed by atoms with Crippen LogP contribution in [-0.2, 0) is 17.1 Å². The first-order chi connectivity index (χ1) is 6.09. The van der Waals surface area contributed by atoms with Gasteiger partial charge in [0.15, 0.2) is 0 Å². The second kappa shape index (κ2) is 6.03. The van der Waals surface area contributed by atoms with Gasteiger partial charge in [0.25, 0.3) is 0 Å². The molecule has 0 bridgehead atoms. The molecular formula is C8H7CuNO2S2+2. The van der Waals surface area contributed by atoms with Gasteiger partial charge in [-0.25, -0.2) is 4.79 Å². The standard InChI is InChI=1S/C8H7NO2S2.Cu/c10-7(11)5-1-3-6(4-2-5)9-8(12)13;/h1-4H,(H,10,11)(H2,9,12,13);/q;+2. The second-order valence-electron chi connectivity index (χ2n) is 2.31. The Labute approximate surface area is 103 Å². The molecule has 2 N–H and O–H groups in total. The molecule has 0 amide bonds. The molecule has 0 aliphatic rings. The Balaban J connectivity index is 0.00000169. The molecular weight excluding hydrogens is 270 g/mol. The molecule has 1 aromatic carbocycles. The monoisotopic (exact) mass is 276 g/mol. The number of hydrogen-bond acceptors (Lipinski definition) is 2. The molecule has 0 heterocycles. The van der Waals surface area contributed by atoms with Crippen LogP contribution in [-0.4, -0.2) is 15.4 Å². The Morgan fingerprint density at radius 1 is 1.36 bits per heavy atom. The average molecular weight is 277 g/mol. The first-order valence-electron chi connectivity index (χ1n) is 3.43. The van der Waals surface area contributed by atoms with Gasteiger partial charge in [0.05, 0.1) is 5.56 Å². The molecule has 0 unspecified atom stereocenters. The minimum Gasteiger partial charge on any atom is -0.478 e. The van der Waals surface area contributed by atoms with E-state index < -0.39 is 5.97 Å². The van der Waals surface area contributed by atoms with Gasteiger partial charge in [-0.15, -0.1) is 12.6 Å². The Bertz CT molecular complexity index is 340. The fourth-order valence-corrected chi connectivity index (χ4v) is 1.07. The number of nitrogens with one attached hydrogen (secondary N) is 1.